The number of anilines is 1. The van der Waals surface area contributed by atoms with E-state index in [2.05, 4.69) is 21.2 Å². The number of carbonyl (C=O) groups is 2. The normalized spacial score (nSPS) is 10.7. The first kappa shape index (κ1) is 25.2. The van der Waals surface area contributed by atoms with E-state index in [4.69, 9.17) is 19.7 Å². The molecular formula is C27H24BrN3O5. The van der Waals surface area contributed by atoms with Crippen LogP contribution < -0.4 is 10.1 Å². The minimum atomic E-state index is -0.898. The number of amides is 1. The van der Waals surface area contributed by atoms with Gasteiger partial charge in [-0.3, -0.25) is 9.59 Å². The van der Waals surface area contributed by atoms with Crippen molar-refractivity contribution >= 4 is 33.5 Å². The van der Waals surface area contributed by atoms with Gasteiger partial charge in [0.1, 0.15) is 18.1 Å². The molecule has 1 amide bonds. The van der Waals surface area contributed by atoms with Crippen molar-refractivity contribution in [3.8, 4) is 22.7 Å². The number of carboxylic acids is 1. The molecule has 8 nitrogen and oxygen atoms in total. The zero-order valence-electron chi connectivity index (χ0n) is 19.3. The average Bonchev–Trinajstić information content (AvgIpc) is 3.34. The third-order valence-corrected chi connectivity index (χ3v) is 5.69. The molecule has 4 aromatic rings. The summed E-state index contributed by atoms with van der Waals surface area (Å²) in [4.78, 5) is 23.7. The molecule has 0 fully saturated rings. The molecule has 1 heterocycles. The van der Waals surface area contributed by atoms with Gasteiger partial charge in [0, 0.05) is 21.9 Å². The molecule has 0 unspecified atom stereocenters. The molecule has 4 rings (SSSR count). The van der Waals surface area contributed by atoms with Gasteiger partial charge >= 0.3 is 5.97 Å². The summed E-state index contributed by atoms with van der Waals surface area (Å²) in [6.07, 6.45) is 1.69. The second-order valence-corrected chi connectivity index (χ2v) is 8.68. The quantitative estimate of drug-likeness (QED) is 0.242. The van der Waals surface area contributed by atoms with E-state index in [-0.39, 0.29) is 25.5 Å². The number of carboxylic acid groups (broad SMARTS) is 1. The van der Waals surface area contributed by atoms with Crippen molar-refractivity contribution < 1.29 is 24.2 Å². The maximum absolute atomic E-state index is 13.3. The van der Waals surface area contributed by atoms with Gasteiger partial charge in [-0.05, 0) is 48.5 Å². The number of hydrogen-bond donors (Lipinski definition) is 2. The zero-order chi connectivity index (χ0) is 25.3. The van der Waals surface area contributed by atoms with E-state index in [0.29, 0.717) is 29.3 Å². The number of para-hydroxylation sites is 1. The van der Waals surface area contributed by atoms with Crippen molar-refractivity contribution in [3.63, 3.8) is 0 Å². The number of aromatic nitrogens is 2. The Kier molecular flexibility index (Phi) is 8.48. The average molecular weight is 550 g/mol. The molecule has 0 aliphatic rings. The van der Waals surface area contributed by atoms with Gasteiger partial charge in [0.2, 0.25) is 0 Å². The smallest absolute Gasteiger partial charge is 0.305 e. The summed E-state index contributed by atoms with van der Waals surface area (Å²) in [5.41, 5.74) is 3.31. The van der Waals surface area contributed by atoms with Gasteiger partial charge in [0.15, 0.2) is 0 Å². The Morgan fingerprint density at radius 1 is 0.917 bits per heavy atom. The first-order valence-corrected chi connectivity index (χ1v) is 12.0. The molecular weight excluding hydrogens is 526 g/mol. The second-order valence-electron chi connectivity index (χ2n) is 7.76. The topological polar surface area (TPSA) is 103 Å². The predicted molar refractivity (Wildman–Crippen MR) is 140 cm³/mol. The third kappa shape index (κ3) is 6.80. The standard InChI is InChI=1S/C27H24BrN3O5/c28-20-8-6-19(7-9-20)26-24(18-31(30-26)22-4-2-1-3-5-22)27(34)29-21-10-12-23(13-11-21)36-17-16-35-15-14-25(32)33/h1-13,18H,14-17H2,(H,29,34)(H,32,33). The first-order valence-electron chi connectivity index (χ1n) is 11.2. The highest BCUT2D eigenvalue weighted by atomic mass is 79.9. The van der Waals surface area contributed by atoms with Crippen LogP contribution in [-0.4, -0.2) is 46.6 Å². The molecule has 0 saturated carbocycles. The maximum Gasteiger partial charge on any atom is 0.305 e. The van der Waals surface area contributed by atoms with Crippen LogP contribution in [0.2, 0.25) is 0 Å². The molecule has 0 radical (unpaired) electrons. The number of ether oxygens (including phenoxy) is 2. The van der Waals surface area contributed by atoms with Crippen LogP contribution in [0.5, 0.6) is 5.75 Å². The number of benzene rings is 3. The Morgan fingerprint density at radius 2 is 1.64 bits per heavy atom. The monoisotopic (exact) mass is 549 g/mol. The lowest BCUT2D eigenvalue weighted by Crippen LogP contribution is -2.12. The largest absolute Gasteiger partial charge is 0.491 e. The van der Waals surface area contributed by atoms with Crippen molar-refractivity contribution in [2.45, 2.75) is 6.42 Å². The molecule has 0 saturated heterocycles. The molecule has 1 aromatic heterocycles. The molecule has 9 heteroatoms. The molecule has 3 aromatic carbocycles. The minimum absolute atomic E-state index is 0.0395. The minimum Gasteiger partial charge on any atom is -0.491 e. The van der Waals surface area contributed by atoms with E-state index in [1.54, 1.807) is 35.1 Å². The van der Waals surface area contributed by atoms with Gasteiger partial charge in [0.05, 0.1) is 30.9 Å². The Labute approximate surface area is 216 Å². The van der Waals surface area contributed by atoms with Gasteiger partial charge in [-0.1, -0.05) is 46.3 Å². The van der Waals surface area contributed by atoms with Crippen LogP contribution in [-0.2, 0) is 9.53 Å². The summed E-state index contributed by atoms with van der Waals surface area (Å²) in [6.45, 7) is 0.726. The maximum atomic E-state index is 13.3. The summed E-state index contributed by atoms with van der Waals surface area (Å²) in [7, 11) is 0. The molecule has 2 N–H and O–H groups in total. The Bertz CT molecular complexity index is 1310. The molecule has 36 heavy (non-hydrogen) atoms. The molecule has 0 aliphatic heterocycles. The molecule has 0 atom stereocenters. The highest BCUT2D eigenvalue weighted by Gasteiger charge is 2.19. The number of nitrogens with zero attached hydrogens (tertiary/aromatic N) is 2. The van der Waals surface area contributed by atoms with E-state index in [1.807, 2.05) is 54.6 Å². The number of carbonyl (C=O) groups excluding carboxylic acids is 1. The molecule has 0 aliphatic carbocycles. The van der Waals surface area contributed by atoms with Crippen LogP contribution >= 0.6 is 15.9 Å². The van der Waals surface area contributed by atoms with Gasteiger partial charge in [-0.25, -0.2) is 4.68 Å². The SMILES string of the molecule is O=C(O)CCOCCOc1ccc(NC(=O)c2cn(-c3ccccc3)nc2-c2ccc(Br)cc2)cc1. The molecule has 184 valence electrons. The van der Waals surface area contributed by atoms with E-state index in [9.17, 15) is 9.59 Å². The Balaban J connectivity index is 1.44. The van der Waals surface area contributed by atoms with Gasteiger partial charge < -0.3 is 19.9 Å². The summed E-state index contributed by atoms with van der Waals surface area (Å²) in [6, 6.07) is 24.3. The number of nitrogens with one attached hydrogen (secondary N) is 1. The lowest BCUT2D eigenvalue weighted by Gasteiger charge is -2.09. The summed E-state index contributed by atoms with van der Waals surface area (Å²) in [5.74, 6) is -0.567. The van der Waals surface area contributed by atoms with Gasteiger partial charge in [-0.15, -0.1) is 0 Å². The van der Waals surface area contributed by atoms with Crippen molar-refractivity contribution in [1.82, 2.24) is 9.78 Å². The summed E-state index contributed by atoms with van der Waals surface area (Å²) >= 11 is 3.45. The van der Waals surface area contributed by atoms with Gasteiger partial charge in [0.25, 0.3) is 5.91 Å². The van der Waals surface area contributed by atoms with Crippen molar-refractivity contribution in [3.05, 3.63) is 95.1 Å². The lowest BCUT2D eigenvalue weighted by molar-refractivity contribution is -0.138. The van der Waals surface area contributed by atoms with Crippen LogP contribution in [0.3, 0.4) is 0 Å². The first-order chi connectivity index (χ1) is 17.5. The highest BCUT2D eigenvalue weighted by Crippen LogP contribution is 2.26. The van der Waals surface area contributed by atoms with Crippen molar-refractivity contribution in [2.75, 3.05) is 25.1 Å². The highest BCUT2D eigenvalue weighted by molar-refractivity contribution is 9.10. The fourth-order valence-electron chi connectivity index (χ4n) is 3.39. The summed E-state index contributed by atoms with van der Waals surface area (Å²) in [5, 5.41) is 16.2. The number of hydrogen-bond acceptors (Lipinski definition) is 5. The number of rotatable bonds is 11. The predicted octanol–water partition coefficient (Wildman–Crippen LogP) is 5.42. The molecule has 0 spiro atoms. The van der Waals surface area contributed by atoms with Crippen LogP contribution in [0.25, 0.3) is 16.9 Å². The second kappa shape index (κ2) is 12.1. The lowest BCUT2D eigenvalue weighted by atomic mass is 10.1. The van der Waals surface area contributed by atoms with Crippen LogP contribution in [0.1, 0.15) is 16.8 Å². The van der Waals surface area contributed by atoms with Crippen LogP contribution in [0.15, 0.2) is 89.5 Å². The Hall–Kier alpha value is -3.95. The van der Waals surface area contributed by atoms with Crippen molar-refractivity contribution in [2.24, 2.45) is 0 Å². The fraction of sp³-hybridized carbons (Fsp3) is 0.148. The van der Waals surface area contributed by atoms with E-state index >= 15 is 0 Å². The number of halogens is 1. The number of aliphatic carboxylic acids is 1. The Morgan fingerprint density at radius 3 is 2.33 bits per heavy atom. The van der Waals surface area contributed by atoms with E-state index in [1.165, 1.54) is 0 Å². The van der Waals surface area contributed by atoms with Crippen LogP contribution in [0.4, 0.5) is 5.69 Å². The third-order valence-electron chi connectivity index (χ3n) is 5.17. The van der Waals surface area contributed by atoms with Crippen LogP contribution in [0, 0.1) is 0 Å². The van der Waals surface area contributed by atoms with Gasteiger partial charge in [-0.2, -0.15) is 5.10 Å². The van der Waals surface area contributed by atoms with Crippen molar-refractivity contribution in [1.29, 1.82) is 0 Å². The van der Waals surface area contributed by atoms with E-state index in [0.717, 1.165) is 15.7 Å². The fourth-order valence-corrected chi connectivity index (χ4v) is 3.65. The molecule has 0 bridgehead atoms. The summed E-state index contributed by atoms with van der Waals surface area (Å²) < 4.78 is 13.4. The zero-order valence-corrected chi connectivity index (χ0v) is 20.8. The van der Waals surface area contributed by atoms with E-state index < -0.39 is 5.97 Å².